The number of ether oxygens (including phenoxy) is 1. The molecule has 5 nitrogen and oxygen atoms in total. The molecule has 0 bridgehead atoms. The Bertz CT molecular complexity index is 207. The third-order valence-corrected chi connectivity index (χ3v) is 1.69. The molecule has 6 heteroatoms. The highest BCUT2D eigenvalue weighted by molar-refractivity contribution is 7.57. The maximum Gasteiger partial charge on any atom is 0.308 e. The molecule has 0 heterocycles. The Labute approximate surface area is 77.5 Å². The summed E-state index contributed by atoms with van der Waals surface area (Å²) in [5.74, 6) is -0.532. The molecule has 0 aromatic rings. The van der Waals surface area contributed by atoms with Crippen LogP contribution in [0.25, 0.3) is 0 Å². The Morgan fingerprint density at radius 3 is 2.38 bits per heavy atom. The molecule has 0 saturated carbocycles. The number of hydrogen-bond donors (Lipinski definition) is 2. The number of carbonyl (C=O) groups is 1. The Kier molecular flexibility index (Phi) is 5.25. The summed E-state index contributed by atoms with van der Waals surface area (Å²) in [6, 6.07) is 0. The smallest absolute Gasteiger partial charge is 0.308 e. The highest BCUT2D eigenvalue weighted by Gasteiger charge is 2.09. The van der Waals surface area contributed by atoms with Crippen LogP contribution in [0.2, 0.25) is 0 Å². The van der Waals surface area contributed by atoms with Gasteiger partial charge in [-0.1, -0.05) is 13.8 Å². The fraction of sp³-hybridized carbons (Fsp3) is 0.714. The zero-order valence-electron chi connectivity index (χ0n) is 7.77. The second kappa shape index (κ2) is 5.40. The zero-order chi connectivity index (χ0) is 10.5. The van der Waals surface area contributed by atoms with Gasteiger partial charge in [-0.25, -0.2) is 0 Å². The summed E-state index contributed by atoms with van der Waals surface area (Å²) in [6.07, 6.45) is 2.98. The van der Waals surface area contributed by atoms with Gasteiger partial charge in [0.15, 0.2) is 0 Å². The van der Waals surface area contributed by atoms with Crippen molar-refractivity contribution in [1.29, 1.82) is 0 Å². The molecule has 0 unspecified atom stereocenters. The summed E-state index contributed by atoms with van der Waals surface area (Å²) in [5, 5.41) is 0. The van der Waals surface area contributed by atoms with Gasteiger partial charge in [0.25, 0.3) is 0 Å². The van der Waals surface area contributed by atoms with E-state index < -0.39 is 7.57 Å². The average Bonchev–Trinajstić information content (AvgIpc) is 1.95. The third kappa shape index (κ3) is 7.99. The molecule has 78 valence electrons. The molecule has 2 N–H and O–H groups in total. The van der Waals surface area contributed by atoms with Crippen molar-refractivity contribution < 1.29 is 23.8 Å². The lowest BCUT2D eigenvalue weighted by Crippen LogP contribution is -2.14. The zero-order valence-corrected chi connectivity index (χ0v) is 8.66. The number of hydrogen-bond acceptors (Lipinski definition) is 5. The first-order valence-corrected chi connectivity index (χ1v) is 5.63. The van der Waals surface area contributed by atoms with Gasteiger partial charge >= 0.3 is 5.97 Å². The molecule has 0 saturated heterocycles. The average molecular weight is 210 g/mol. The van der Waals surface area contributed by atoms with Crippen molar-refractivity contribution in [1.82, 2.24) is 0 Å². The van der Waals surface area contributed by atoms with Gasteiger partial charge in [-0.05, 0) is 6.30 Å². The summed E-state index contributed by atoms with van der Waals surface area (Å²) in [6.45, 7) is 3.37. The number of carbonyl (C=O) groups excluding carboxylic acids is 1. The minimum atomic E-state index is -3.44. The van der Waals surface area contributed by atoms with Crippen molar-refractivity contribution >= 4 is 19.8 Å². The molecular formula is C7H15O5P. The number of rotatable bonds is 5. The Hall–Kier alpha value is -0.350. The van der Waals surface area contributed by atoms with Crippen molar-refractivity contribution in [2.75, 3.05) is 13.2 Å². The van der Waals surface area contributed by atoms with Gasteiger partial charge in [0.2, 0.25) is 7.57 Å². The van der Waals surface area contributed by atoms with E-state index in [1.165, 1.54) is 0 Å². The van der Waals surface area contributed by atoms with E-state index in [-0.39, 0.29) is 25.1 Å². The molecule has 13 heavy (non-hydrogen) atoms. The summed E-state index contributed by atoms with van der Waals surface area (Å²) in [5.41, 5.74) is 0. The van der Waals surface area contributed by atoms with E-state index in [0.29, 0.717) is 0 Å². The highest BCUT2D eigenvalue weighted by Crippen LogP contribution is 2.34. The molecule has 0 aromatic carbocycles. The molecule has 0 aromatic heterocycles. The molecule has 0 aliphatic heterocycles. The number of esters is 1. The van der Waals surface area contributed by atoms with Crippen LogP contribution < -0.4 is 0 Å². The third-order valence-electron chi connectivity index (χ3n) is 1.10. The van der Waals surface area contributed by atoms with E-state index in [1.807, 2.05) is 0 Å². The topological polar surface area (TPSA) is 76.0 Å². The van der Waals surface area contributed by atoms with E-state index in [9.17, 15) is 4.79 Å². The van der Waals surface area contributed by atoms with E-state index in [4.69, 9.17) is 14.5 Å². The van der Waals surface area contributed by atoms with E-state index in [0.717, 1.165) is 0 Å². The standard InChI is InChI=1S/C7H15O5P/c1-6(2)7(8)11-4-5-12-13(3,9)10/h6,9-10H,3-5H2,1-2H3. The quantitative estimate of drug-likeness (QED) is 0.390. The first kappa shape index (κ1) is 12.7. The van der Waals surface area contributed by atoms with Crippen molar-refractivity contribution in [3.63, 3.8) is 0 Å². The highest BCUT2D eigenvalue weighted by atomic mass is 31.2. The fourth-order valence-corrected chi connectivity index (χ4v) is 0.859. The summed E-state index contributed by atoms with van der Waals surface area (Å²) >= 11 is 0. The normalized spacial score (nSPS) is 11.8. The second-order valence-corrected chi connectivity index (χ2v) is 4.41. The molecule has 0 rings (SSSR count). The van der Waals surface area contributed by atoms with Crippen LogP contribution in [0, 0.1) is 5.92 Å². The Morgan fingerprint density at radius 1 is 1.46 bits per heavy atom. The molecule has 0 atom stereocenters. The molecule has 0 fully saturated rings. The van der Waals surface area contributed by atoms with Gasteiger partial charge in [0.1, 0.15) is 6.61 Å². The maximum absolute atomic E-state index is 10.9. The van der Waals surface area contributed by atoms with Crippen LogP contribution in [0.3, 0.4) is 0 Å². The van der Waals surface area contributed by atoms with Gasteiger partial charge in [0.05, 0.1) is 12.5 Å². The van der Waals surface area contributed by atoms with E-state index >= 15 is 0 Å². The maximum atomic E-state index is 10.9. The van der Waals surface area contributed by atoms with Gasteiger partial charge in [-0.15, -0.1) is 0 Å². The molecule has 0 aliphatic rings. The first-order valence-electron chi connectivity index (χ1n) is 3.83. The summed E-state index contributed by atoms with van der Waals surface area (Å²) < 4.78 is 9.20. The van der Waals surface area contributed by atoms with Crippen LogP contribution in [0.15, 0.2) is 0 Å². The molecule has 0 amide bonds. The van der Waals surface area contributed by atoms with Gasteiger partial charge in [0, 0.05) is 0 Å². The van der Waals surface area contributed by atoms with Crippen molar-refractivity contribution in [2.24, 2.45) is 5.92 Å². The second-order valence-electron chi connectivity index (χ2n) is 2.82. The van der Waals surface area contributed by atoms with Crippen LogP contribution in [0.4, 0.5) is 0 Å². The first-order chi connectivity index (χ1) is 5.83. The van der Waals surface area contributed by atoms with E-state index in [2.05, 4.69) is 10.8 Å². The fourth-order valence-electron chi connectivity index (χ4n) is 0.492. The molecule has 0 radical (unpaired) electrons. The minimum Gasteiger partial charge on any atom is -0.463 e. The SMILES string of the molecule is C=P(O)(O)OCCOC(=O)C(C)C. The van der Waals surface area contributed by atoms with Crippen LogP contribution in [-0.4, -0.2) is 35.3 Å². The lowest BCUT2D eigenvalue weighted by molar-refractivity contribution is -0.148. The monoisotopic (exact) mass is 210 g/mol. The summed E-state index contributed by atoms with van der Waals surface area (Å²) in [7, 11) is -3.44. The van der Waals surface area contributed by atoms with Crippen molar-refractivity contribution in [3.8, 4) is 0 Å². The van der Waals surface area contributed by atoms with Gasteiger partial charge in [-0.2, -0.15) is 0 Å². The molecule has 0 aliphatic carbocycles. The Balaban J connectivity index is 3.47. The Morgan fingerprint density at radius 2 is 2.00 bits per heavy atom. The lowest BCUT2D eigenvalue weighted by Gasteiger charge is -2.11. The van der Waals surface area contributed by atoms with Crippen molar-refractivity contribution in [3.05, 3.63) is 0 Å². The van der Waals surface area contributed by atoms with Crippen LogP contribution in [0.5, 0.6) is 0 Å². The largest absolute Gasteiger partial charge is 0.463 e. The van der Waals surface area contributed by atoms with Crippen LogP contribution in [-0.2, 0) is 14.1 Å². The van der Waals surface area contributed by atoms with Crippen LogP contribution >= 0.6 is 7.57 Å². The van der Waals surface area contributed by atoms with Crippen LogP contribution in [0.1, 0.15) is 13.8 Å². The predicted molar refractivity (Wildman–Crippen MR) is 50.2 cm³/mol. The van der Waals surface area contributed by atoms with Crippen molar-refractivity contribution in [2.45, 2.75) is 13.8 Å². The lowest BCUT2D eigenvalue weighted by atomic mass is 10.2. The summed E-state index contributed by atoms with van der Waals surface area (Å²) in [4.78, 5) is 28.2. The van der Waals surface area contributed by atoms with Gasteiger partial charge in [-0.3, -0.25) is 4.79 Å². The molecule has 0 spiro atoms. The van der Waals surface area contributed by atoms with Gasteiger partial charge < -0.3 is 19.0 Å². The predicted octanol–water partition coefficient (Wildman–Crippen LogP) is 0.381. The van der Waals surface area contributed by atoms with E-state index in [1.54, 1.807) is 13.8 Å². The molecular weight excluding hydrogens is 195 g/mol. The minimum absolute atomic E-state index is 0.00933.